The van der Waals surface area contributed by atoms with Crippen LogP contribution in [0.5, 0.6) is 0 Å². The minimum atomic E-state index is -0.386. The summed E-state index contributed by atoms with van der Waals surface area (Å²) in [6.07, 6.45) is 3.17. The molecule has 3 unspecified atom stereocenters. The fourth-order valence-corrected chi connectivity index (χ4v) is 2.79. The van der Waals surface area contributed by atoms with E-state index in [4.69, 9.17) is 22.7 Å². The lowest BCUT2D eigenvalue weighted by molar-refractivity contribution is -0.125. The van der Waals surface area contributed by atoms with Crippen molar-refractivity contribution in [1.82, 2.24) is 5.32 Å². The van der Waals surface area contributed by atoms with E-state index in [0.29, 0.717) is 0 Å². The van der Waals surface area contributed by atoms with Crippen LogP contribution in [0.15, 0.2) is 0 Å². The summed E-state index contributed by atoms with van der Waals surface area (Å²) in [5.74, 6) is -0.334. The van der Waals surface area contributed by atoms with Crippen molar-refractivity contribution in [3.63, 3.8) is 0 Å². The summed E-state index contributed by atoms with van der Waals surface area (Å²) in [5, 5.41) is 3.01. The molecule has 1 saturated carbocycles. The van der Waals surface area contributed by atoms with Crippen molar-refractivity contribution in [2.75, 3.05) is 7.11 Å². The van der Waals surface area contributed by atoms with Gasteiger partial charge >= 0.3 is 0 Å². The highest BCUT2D eigenvalue weighted by Crippen LogP contribution is 2.22. The second kappa shape index (κ2) is 6.31. The number of ether oxygens (including phenoxy) is 1. The first-order valence-corrected chi connectivity index (χ1v) is 6.50. The molecule has 0 saturated heterocycles. The molecule has 0 aromatic rings. The van der Waals surface area contributed by atoms with E-state index in [-0.39, 0.29) is 34.9 Å². The molecule has 5 heteroatoms. The Hall–Kier alpha value is -0.680. The Morgan fingerprint density at radius 2 is 2.12 bits per heavy atom. The smallest absolute Gasteiger partial charge is 0.230 e. The maximum Gasteiger partial charge on any atom is 0.230 e. The topological polar surface area (TPSA) is 64.3 Å². The zero-order chi connectivity index (χ0) is 13.0. The quantitative estimate of drug-likeness (QED) is 0.728. The number of carbonyl (C=O) groups is 1. The molecule has 1 amide bonds. The van der Waals surface area contributed by atoms with E-state index in [1.54, 1.807) is 7.11 Å². The molecule has 17 heavy (non-hydrogen) atoms. The third-order valence-corrected chi connectivity index (χ3v) is 3.59. The van der Waals surface area contributed by atoms with Crippen LogP contribution in [0, 0.1) is 11.8 Å². The Bertz CT molecular complexity index is 294. The molecule has 0 aromatic heterocycles. The number of nitrogens with two attached hydrogens (primary N) is 1. The first-order chi connectivity index (χ1) is 7.97. The van der Waals surface area contributed by atoms with Gasteiger partial charge in [0, 0.05) is 7.11 Å². The fourth-order valence-electron chi connectivity index (χ4n) is 2.41. The van der Waals surface area contributed by atoms with Crippen LogP contribution >= 0.6 is 12.2 Å². The van der Waals surface area contributed by atoms with Gasteiger partial charge in [0.2, 0.25) is 5.91 Å². The van der Waals surface area contributed by atoms with Gasteiger partial charge in [-0.2, -0.15) is 0 Å². The third-order valence-electron chi connectivity index (χ3n) is 3.34. The molecule has 98 valence electrons. The SMILES string of the molecule is COC1CCCC1NC(=O)C(C(N)=S)C(C)C. The average Bonchev–Trinajstić information content (AvgIpc) is 2.63. The van der Waals surface area contributed by atoms with Gasteiger partial charge in [0.1, 0.15) is 0 Å². The monoisotopic (exact) mass is 258 g/mol. The van der Waals surface area contributed by atoms with E-state index in [1.807, 2.05) is 13.8 Å². The van der Waals surface area contributed by atoms with Gasteiger partial charge < -0.3 is 15.8 Å². The van der Waals surface area contributed by atoms with Gasteiger partial charge in [0.15, 0.2) is 0 Å². The number of carbonyl (C=O) groups excluding carboxylic acids is 1. The number of rotatable bonds is 5. The molecule has 1 fully saturated rings. The Labute approximate surface area is 108 Å². The van der Waals surface area contributed by atoms with Crippen molar-refractivity contribution in [3.05, 3.63) is 0 Å². The predicted octanol–water partition coefficient (Wildman–Crippen LogP) is 1.23. The zero-order valence-corrected chi connectivity index (χ0v) is 11.5. The summed E-state index contributed by atoms with van der Waals surface area (Å²) in [4.78, 5) is 12.4. The minimum Gasteiger partial charge on any atom is -0.393 e. The van der Waals surface area contributed by atoms with E-state index >= 15 is 0 Å². The lowest BCUT2D eigenvalue weighted by atomic mass is 9.94. The summed E-state index contributed by atoms with van der Waals surface area (Å²) < 4.78 is 5.35. The lowest BCUT2D eigenvalue weighted by Gasteiger charge is -2.24. The molecule has 3 atom stereocenters. The number of amides is 1. The van der Waals surface area contributed by atoms with Gasteiger partial charge in [-0.1, -0.05) is 26.1 Å². The number of hydrogen-bond donors (Lipinski definition) is 2. The van der Waals surface area contributed by atoms with Gasteiger partial charge in [-0.15, -0.1) is 0 Å². The molecule has 0 aromatic carbocycles. The third kappa shape index (κ3) is 3.64. The van der Waals surface area contributed by atoms with Gasteiger partial charge in [0.05, 0.1) is 23.1 Å². The molecule has 0 heterocycles. The number of hydrogen-bond acceptors (Lipinski definition) is 3. The molecule has 0 spiro atoms. The van der Waals surface area contributed by atoms with Gasteiger partial charge in [0.25, 0.3) is 0 Å². The summed E-state index contributed by atoms with van der Waals surface area (Å²) in [7, 11) is 1.68. The number of nitrogens with one attached hydrogen (secondary N) is 1. The van der Waals surface area contributed by atoms with Crippen LogP contribution in [-0.4, -0.2) is 30.2 Å². The highest BCUT2D eigenvalue weighted by atomic mass is 32.1. The second-order valence-electron chi connectivity index (χ2n) is 4.94. The molecular formula is C12H22N2O2S. The van der Waals surface area contributed by atoms with E-state index in [1.165, 1.54) is 0 Å². The van der Waals surface area contributed by atoms with Crippen LogP contribution in [-0.2, 0) is 9.53 Å². The van der Waals surface area contributed by atoms with Crippen LogP contribution in [0.3, 0.4) is 0 Å². The van der Waals surface area contributed by atoms with Crippen molar-refractivity contribution < 1.29 is 9.53 Å². The van der Waals surface area contributed by atoms with Crippen molar-refractivity contribution >= 4 is 23.1 Å². The zero-order valence-electron chi connectivity index (χ0n) is 10.7. The van der Waals surface area contributed by atoms with Crippen molar-refractivity contribution in [2.24, 2.45) is 17.6 Å². The molecule has 1 aliphatic rings. The summed E-state index contributed by atoms with van der Waals surface area (Å²) in [5.41, 5.74) is 5.62. The molecule has 4 nitrogen and oxygen atoms in total. The van der Waals surface area contributed by atoms with E-state index in [2.05, 4.69) is 5.32 Å². The summed E-state index contributed by atoms with van der Waals surface area (Å²) >= 11 is 4.95. The maximum atomic E-state index is 12.1. The highest BCUT2D eigenvalue weighted by Gasteiger charge is 2.32. The van der Waals surface area contributed by atoms with E-state index < -0.39 is 0 Å². The first-order valence-electron chi connectivity index (χ1n) is 6.09. The van der Waals surface area contributed by atoms with E-state index in [0.717, 1.165) is 19.3 Å². The van der Waals surface area contributed by atoms with Crippen LogP contribution in [0.2, 0.25) is 0 Å². The van der Waals surface area contributed by atoms with Crippen LogP contribution in [0.4, 0.5) is 0 Å². The largest absolute Gasteiger partial charge is 0.393 e. The van der Waals surface area contributed by atoms with E-state index in [9.17, 15) is 4.79 Å². The normalized spacial score (nSPS) is 25.9. The Balaban J connectivity index is 2.61. The van der Waals surface area contributed by atoms with Crippen molar-refractivity contribution in [2.45, 2.75) is 45.3 Å². The van der Waals surface area contributed by atoms with Crippen LogP contribution in [0.1, 0.15) is 33.1 Å². The fraction of sp³-hybridized carbons (Fsp3) is 0.833. The highest BCUT2D eigenvalue weighted by molar-refractivity contribution is 7.80. The average molecular weight is 258 g/mol. The molecule has 0 aliphatic heterocycles. The van der Waals surface area contributed by atoms with Crippen molar-refractivity contribution in [3.8, 4) is 0 Å². The number of methoxy groups -OCH3 is 1. The molecule has 0 bridgehead atoms. The summed E-state index contributed by atoms with van der Waals surface area (Å²) in [6.45, 7) is 3.90. The van der Waals surface area contributed by atoms with Crippen LogP contribution < -0.4 is 11.1 Å². The standard InChI is InChI=1S/C12H22N2O2S/c1-7(2)10(11(13)17)12(15)14-8-5-4-6-9(8)16-3/h7-10H,4-6H2,1-3H3,(H2,13,17)(H,14,15). The van der Waals surface area contributed by atoms with Gasteiger partial charge in [-0.05, 0) is 25.2 Å². The predicted molar refractivity (Wildman–Crippen MR) is 71.7 cm³/mol. The lowest BCUT2D eigenvalue weighted by Crippen LogP contribution is -2.47. The van der Waals surface area contributed by atoms with Crippen LogP contribution in [0.25, 0.3) is 0 Å². The first kappa shape index (κ1) is 14.4. The van der Waals surface area contributed by atoms with Gasteiger partial charge in [-0.25, -0.2) is 0 Å². The summed E-state index contributed by atoms with van der Waals surface area (Å²) in [6, 6.07) is 0.100. The van der Waals surface area contributed by atoms with Gasteiger partial charge in [-0.3, -0.25) is 4.79 Å². The Morgan fingerprint density at radius 1 is 1.47 bits per heavy atom. The van der Waals surface area contributed by atoms with Crippen molar-refractivity contribution in [1.29, 1.82) is 0 Å². The molecular weight excluding hydrogens is 236 g/mol. The maximum absolute atomic E-state index is 12.1. The molecule has 3 N–H and O–H groups in total. The second-order valence-corrected chi connectivity index (χ2v) is 5.42. The molecule has 1 aliphatic carbocycles. The molecule has 0 radical (unpaired) electrons. The molecule has 1 rings (SSSR count). The number of thiocarbonyl (C=S) groups is 1. The Kier molecular flexibility index (Phi) is 5.33. The Morgan fingerprint density at radius 3 is 2.59 bits per heavy atom. The minimum absolute atomic E-state index is 0.0681.